The summed E-state index contributed by atoms with van der Waals surface area (Å²) >= 11 is 0. The van der Waals surface area contributed by atoms with Crippen LogP contribution in [0.3, 0.4) is 0 Å². The Morgan fingerprint density at radius 2 is 2.29 bits per heavy atom. The van der Waals surface area contributed by atoms with Crippen molar-refractivity contribution in [3.05, 3.63) is 12.2 Å². The van der Waals surface area contributed by atoms with E-state index in [4.69, 9.17) is 0 Å². The zero-order chi connectivity index (χ0) is 12.7. The SMILES string of the molecule is CNC(=O)CCNCc1ncnn1CC(C)C. The molecule has 0 unspecified atom stereocenters. The number of nitrogens with one attached hydrogen (secondary N) is 2. The largest absolute Gasteiger partial charge is 0.359 e. The molecule has 17 heavy (non-hydrogen) atoms. The van der Waals surface area contributed by atoms with E-state index < -0.39 is 0 Å². The highest BCUT2D eigenvalue weighted by Crippen LogP contribution is 2.00. The van der Waals surface area contributed by atoms with Crippen LogP contribution in [-0.2, 0) is 17.9 Å². The van der Waals surface area contributed by atoms with Gasteiger partial charge in [0, 0.05) is 26.6 Å². The van der Waals surface area contributed by atoms with E-state index in [1.165, 1.54) is 0 Å². The third-order valence-corrected chi connectivity index (χ3v) is 2.32. The lowest BCUT2D eigenvalue weighted by Gasteiger charge is -2.09. The second-order valence-electron chi connectivity index (χ2n) is 4.35. The van der Waals surface area contributed by atoms with E-state index in [0.717, 1.165) is 12.4 Å². The van der Waals surface area contributed by atoms with Gasteiger partial charge in [-0.3, -0.25) is 4.79 Å². The standard InChI is InChI=1S/C11H21N5O/c1-9(2)7-16-10(14-8-15-16)6-13-5-4-11(17)12-3/h8-9,13H,4-7H2,1-3H3,(H,12,17). The fourth-order valence-electron chi connectivity index (χ4n) is 1.45. The maximum Gasteiger partial charge on any atom is 0.221 e. The van der Waals surface area contributed by atoms with Crippen LogP contribution in [0.15, 0.2) is 6.33 Å². The molecule has 6 nitrogen and oxygen atoms in total. The zero-order valence-corrected chi connectivity index (χ0v) is 10.7. The highest BCUT2D eigenvalue weighted by Gasteiger charge is 2.05. The lowest BCUT2D eigenvalue weighted by molar-refractivity contribution is -0.120. The first-order valence-electron chi connectivity index (χ1n) is 5.91. The van der Waals surface area contributed by atoms with Crippen LogP contribution in [0.4, 0.5) is 0 Å². The molecule has 1 amide bonds. The zero-order valence-electron chi connectivity index (χ0n) is 10.7. The third-order valence-electron chi connectivity index (χ3n) is 2.32. The predicted molar refractivity (Wildman–Crippen MR) is 65.3 cm³/mol. The van der Waals surface area contributed by atoms with Gasteiger partial charge in [-0.25, -0.2) is 9.67 Å². The van der Waals surface area contributed by atoms with E-state index in [1.807, 2.05) is 4.68 Å². The summed E-state index contributed by atoms with van der Waals surface area (Å²) in [5.74, 6) is 1.50. The summed E-state index contributed by atoms with van der Waals surface area (Å²) in [6.07, 6.45) is 2.05. The third kappa shape index (κ3) is 4.95. The fourth-order valence-corrected chi connectivity index (χ4v) is 1.45. The molecule has 1 aromatic heterocycles. The van der Waals surface area contributed by atoms with Crippen molar-refractivity contribution in [1.29, 1.82) is 0 Å². The molecule has 2 N–H and O–H groups in total. The minimum Gasteiger partial charge on any atom is -0.359 e. The van der Waals surface area contributed by atoms with Gasteiger partial charge in [0.15, 0.2) is 0 Å². The molecule has 0 atom stereocenters. The van der Waals surface area contributed by atoms with Crippen LogP contribution < -0.4 is 10.6 Å². The first-order chi connectivity index (χ1) is 8.13. The number of nitrogens with zero attached hydrogens (tertiary/aromatic N) is 3. The number of carbonyl (C=O) groups is 1. The highest BCUT2D eigenvalue weighted by atomic mass is 16.1. The molecule has 0 aromatic carbocycles. The predicted octanol–water partition coefficient (Wildman–Crippen LogP) is 0.160. The van der Waals surface area contributed by atoms with E-state index in [0.29, 0.717) is 25.4 Å². The number of rotatable bonds is 7. The fraction of sp³-hybridized carbons (Fsp3) is 0.727. The minimum absolute atomic E-state index is 0.0427. The van der Waals surface area contributed by atoms with Gasteiger partial charge in [0.2, 0.25) is 5.91 Å². The summed E-state index contributed by atoms with van der Waals surface area (Å²) < 4.78 is 1.90. The maximum atomic E-state index is 11.0. The quantitative estimate of drug-likeness (QED) is 0.665. The Morgan fingerprint density at radius 1 is 1.53 bits per heavy atom. The second kappa shape index (κ2) is 7.01. The molecule has 96 valence electrons. The summed E-state index contributed by atoms with van der Waals surface area (Å²) in [4.78, 5) is 15.2. The summed E-state index contributed by atoms with van der Waals surface area (Å²) in [6, 6.07) is 0. The topological polar surface area (TPSA) is 71.8 Å². The number of aromatic nitrogens is 3. The van der Waals surface area contributed by atoms with Gasteiger partial charge in [0.05, 0.1) is 6.54 Å². The van der Waals surface area contributed by atoms with E-state index in [1.54, 1.807) is 13.4 Å². The molecule has 0 saturated carbocycles. The van der Waals surface area contributed by atoms with Crippen LogP contribution in [0.25, 0.3) is 0 Å². The van der Waals surface area contributed by atoms with Gasteiger partial charge in [-0.15, -0.1) is 0 Å². The van der Waals surface area contributed by atoms with Crippen LogP contribution in [0.1, 0.15) is 26.1 Å². The van der Waals surface area contributed by atoms with Crippen LogP contribution in [0.5, 0.6) is 0 Å². The molecule has 0 aliphatic rings. The van der Waals surface area contributed by atoms with Crippen LogP contribution >= 0.6 is 0 Å². The summed E-state index contributed by atoms with van der Waals surface area (Å²) in [7, 11) is 1.64. The molecule has 0 bridgehead atoms. The van der Waals surface area contributed by atoms with Crippen LogP contribution in [0.2, 0.25) is 0 Å². The van der Waals surface area contributed by atoms with E-state index in [9.17, 15) is 4.79 Å². The highest BCUT2D eigenvalue weighted by molar-refractivity contribution is 5.75. The Bertz CT molecular complexity index is 347. The summed E-state index contributed by atoms with van der Waals surface area (Å²) in [6.45, 7) is 6.44. The van der Waals surface area contributed by atoms with Gasteiger partial charge in [0.1, 0.15) is 12.2 Å². The van der Waals surface area contributed by atoms with Crippen molar-refractivity contribution in [2.45, 2.75) is 33.4 Å². The van der Waals surface area contributed by atoms with Crippen molar-refractivity contribution in [2.75, 3.05) is 13.6 Å². The molecule has 1 rings (SSSR count). The number of amides is 1. The van der Waals surface area contributed by atoms with Crippen molar-refractivity contribution in [3.8, 4) is 0 Å². The van der Waals surface area contributed by atoms with Crippen molar-refractivity contribution >= 4 is 5.91 Å². The molecule has 0 fully saturated rings. The molecule has 0 aliphatic carbocycles. The van der Waals surface area contributed by atoms with E-state index >= 15 is 0 Å². The molecule has 0 saturated heterocycles. The molecule has 6 heteroatoms. The van der Waals surface area contributed by atoms with Gasteiger partial charge < -0.3 is 10.6 Å². The van der Waals surface area contributed by atoms with Crippen molar-refractivity contribution < 1.29 is 4.79 Å². The van der Waals surface area contributed by atoms with Crippen LogP contribution in [0, 0.1) is 5.92 Å². The Kier molecular flexibility index (Phi) is 5.62. The number of carbonyl (C=O) groups excluding carboxylic acids is 1. The van der Waals surface area contributed by atoms with Gasteiger partial charge in [0.25, 0.3) is 0 Å². The second-order valence-corrected chi connectivity index (χ2v) is 4.35. The van der Waals surface area contributed by atoms with Crippen molar-refractivity contribution in [1.82, 2.24) is 25.4 Å². The smallest absolute Gasteiger partial charge is 0.221 e. The summed E-state index contributed by atoms with van der Waals surface area (Å²) in [5, 5.41) is 9.94. The average molecular weight is 239 g/mol. The van der Waals surface area contributed by atoms with E-state index in [-0.39, 0.29) is 5.91 Å². The molecule has 1 heterocycles. The molecule has 0 radical (unpaired) electrons. The van der Waals surface area contributed by atoms with Crippen molar-refractivity contribution in [3.63, 3.8) is 0 Å². The van der Waals surface area contributed by atoms with Gasteiger partial charge in [-0.1, -0.05) is 13.8 Å². The van der Waals surface area contributed by atoms with Gasteiger partial charge in [-0.2, -0.15) is 5.10 Å². The Morgan fingerprint density at radius 3 is 2.94 bits per heavy atom. The Labute approximate surface area is 102 Å². The molecular formula is C11H21N5O. The monoisotopic (exact) mass is 239 g/mol. The average Bonchev–Trinajstić information content (AvgIpc) is 2.70. The Balaban J connectivity index is 2.31. The number of hydrogen-bond donors (Lipinski definition) is 2. The lowest BCUT2D eigenvalue weighted by atomic mass is 10.2. The minimum atomic E-state index is 0.0427. The Hall–Kier alpha value is -1.43. The normalized spacial score (nSPS) is 10.8. The molecule has 0 spiro atoms. The first-order valence-corrected chi connectivity index (χ1v) is 5.91. The van der Waals surface area contributed by atoms with E-state index in [2.05, 4.69) is 34.6 Å². The van der Waals surface area contributed by atoms with Gasteiger partial charge >= 0.3 is 0 Å². The van der Waals surface area contributed by atoms with Crippen molar-refractivity contribution in [2.24, 2.45) is 5.92 Å². The lowest BCUT2D eigenvalue weighted by Crippen LogP contribution is -2.25. The molecular weight excluding hydrogens is 218 g/mol. The number of hydrogen-bond acceptors (Lipinski definition) is 4. The molecule has 0 aliphatic heterocycles. The first kappa shape index (κ1) is 13.6. The van der Waals surface area contributed by atoms with Crippen LogP contribution in [-0.4, -0.2) is 34.3 Å². The maximum absolute atomic E-state index is 11.0. The molecule has 1 aromatic rings. The summed E-state index contributed by atoms with van der Waals surface area (Å²) in [5.41, 5.74) is 0. The van der Waals surface area contributed by atoms with Gasteiger partial charge in [-0.05, 0) is 5.92 Å².